The molecule has 0 aliphatic carbocycles. The van der Waals surface area contributed by atoms with Crippen molar-refractivity contribution in [1.29, 1.82) is 0 Å². The van der Waals surface area contributed by atoms with Crippen molar-refractivity contribution in [2.24, 2.45) is 0 Å². The summed E-state index contributed by atoms with van der Waals surface area (Å²) < 4.78 is 15.8. The van der Waals surface area contributed by atoms with E-state index in [0.29, 0.717) is 16.7 Å². The van der Waals surface area contributed by atoms with Crippen molar-refractivity contribution in [3.8, 4) is 0 Å². The van der Waals surface area contributed by atoms with Crippen LogP contribution in [-0.4, -0.2) is 40.8 Å². The molecule has 9 nitrogen and oxygen atoms in total. The molecule has 3 aromatic rings. The molecule has 3 rings (SSSR count). The fourth-order valence-electron chi connectivity index (χ4n) is 2.24. The molecule has 3 aromatic carbocycles. The minimum absolute atomic E-state index is 0.355. The molecule has 0 aromatic heterocycles. The van der Waals surface area contributed by atoms with Crippen LogP contribution in [0.1, 0.15) is 31.1 Å². The van der Waals surface area contributed by atoms with Gasteiger partial charge in [0.25, 0.3) is 0 Å². The normalized spacial score (nSPS) is 10.4. The van der Waals surface area contributed by atoms with Gasteiger partial charge in [0.1, 0.15) is 0 Å². The Kier molecular flexibility index (Phi) is 8.63. The van der Waals surface area contributed by atoms with E-state index in [4.69, 9.17) is 8.74 Å². The molecule has 0 aliphatic rings. The number of carbonyl (C=O) groups is 3. The van der Waals surface area contributed by atoms with Crippen molar-refractivity contribution in [3.63, 3.8) is 0 Å². The van der Waals surface area contributed by atoms with Crippen LogP contribution in [0.3, 0.4) is 0 Å². The van der Waals surface area contributed by atoms with Crippen LogP contribution < -0.4 is 16.4 Å². The Bertz CT molecular complexity index is 873. The second-order valence-corrected chi connectivity index (χ2v) is 9.76. The molecule has 0 atom stereocenters. The van der Waals surface area contributed by atoms with Gasteiger partial charge in [0.15, 0.2) is 0 Å². The number of amides is 3. The zero-order valence-corrected chi connectivity index (χ0v) is 19.5. The van der Waals surface area contributed by atoms with E-state index in [0.717, 1.165) is 0 Å². The van der Waals surface area contributed by atoms with E-state index in [9.17, 15) is 14.4 Å². The van der Waals surface area contributed by atoms with Crippen molar-refractivity contribution in [2.75, 3.05) is 0 Å². The number of nitrogens with one attached hydrogen (secondary N) is 3. The minimum atomic E-state index is -4.01. The van der Waals surface area contributed by atoms with Crippen molar-refractivity contribution in [3.05, 3.63) is 108 Å². The van der Waals surface area contributed by atoms with Crippen LogP contribution in [-0.2, 0) is 8.74 Å². The van der Waals surface area contributed by atoms with Crippen LogP contribution in [0.25, 0.3) is 0 Å². The van der Waals surface area contributed by atoms with Gasteiger partial charge in [-0.25, -0.2) is 0 Å². The monoisotopic (exact) mass is 617 g/mol. The summed E-state index contributed by atoms with van der Waals surface area (Å²) in [7, 11) is 0. The molecule has 0 unspecified atom stereocenters. The van der Waals surface area contributed by atoms with Crippen LogP contribution >= 0.6 is 0 Å². The maximum atomic E-state index is 12.2. The van der Waals surface area contributed by atoms with E-state index >= 15 is 0 Å². The third kappa shape index (κ3) is 7.23. The second-order valence-electron chi connectivity index (χ2n) is 5.89. The van der Waals surface area contributed by atoms with Gasteiger partial charge in [-0.3, -0.25) is 0 Å². The predicted molar refractivity (Wildman–Crippen MR) is 111 cm³/mol. The Labute approximate surface area is 187 Å². The molecular weight excluding hydrogens is 599 g/mol. The predicted octanol–water partition coefficient (Wildman–Crippen LogP) is 2.06. The van der Waals surface area contributed by atoms with Crippen LogP contribution in [0.15, 0.2) is 91.0 Å². The van der Waals surface area contributed by atoms with Gasteiger partial charge in [-0.15, -0.1) is 0 Å². The number of hydrogen-bond acceptors (Lipinski definition) is 6. The molecule has 3 N–H and O–H groups in total. The van der Waals surface area contributed by atoms with Crippen molar-refractivity contribution < 1.29 is 23.1 Å². The maximum absolute atomic E-state index is 12.2. The number of carbonyl (C=O) groups excluding carboxylic acids is 3. The standard InChI is InChI=1S/3C7H6NO2.Bi/c3*9-7(8-10)6-4-2-1-3-5-6;/h3*1-5H,(H-,8,9,10);/q3*-1;+3. The topological polar surface area (TPSA) is 115 Å². The molecule has 31 heavy (non-hydrogen) atoms. The van der Waals surface area contributed by atoms with E-state index in [1.807, 2.05) is 0 Å². The zero-order valence-electron chi connectivity index (χ0n) is 16.1. The fourth-order valence-corrected chi connectivity index (χ4v) is 4.51. The summed E-state index contributed by atoms with van der Waals surface area (Å²) in [4.78, 5) is 36.5. The van der Waals surface area contributed by atoms with Crippen molar-refractivity contribution in [2.45, 2.75) is 0 Å². The summed E-state index contributed by atoms with van der Waals surface area (Å²) in [6.45, 7) is 0. The van der Waals surface area contributed by atoms with Gasteiger partial charge >= 0.3 is 188 Å². The van der Waals surface area contributed by atoms with E-state index in [1.54, 1.807) is 91.0 Å². The zero-order chi connectivity index (χ0) is 21.9. The van der Waals surface area contributed by atoms with Crippen molar-refractivity contribution in [1.82, 2.24) is 16.4 Å². The molecule has 10 heteroatoms. The van der Waals surface area contributed by atoms with Gasteiger partial charge in [0, 0.05) is 0 Å². The third-order valence-electron chi connectivity index (χ3n) is 3.75. The van der Waals surface area contributed by atoms with Crippen LogP contribution in [0, 0.1) is 0 Å². The quantitative estimate of drug-likeness (QED) is 0.250. The molecule has 0 spiro atoms. The summed E-state index contributed by atoms with van der Waals surface area (Å²) in [6.07, 6.45) is 0. The first-order valence-corrected chi connectivity index (χ1v) is 13.3. The third-order valence-corrected chi connectivity index (χ3v) is 6.55. The molecule has 0 heterocycles. The molecule has 0 saturated heterocycles. The van der Waals surface area contributed by atoms with E-state index < -0.39 is 40.8 Å². The van der Waals surface area contributed by atoms with Crippen LogP contribution in [0.2, 0.25) is 0 Å². The van der Waals surface area contributed by atoms with Gasteiger partial charge in [-0.1, -0.05) is 0 Å². The molecule has 0 aliphatic heterocycles. The fraction of sp³-hybridized carbons (Fsp3) is 0. The summed E-state index contributed by atoms with van der Waals surface area (Å²) in [6, 6.07) is 25.1. The Balaban J connectivity index is 1.59. The van der Waals surface area contributed by atoms with Gasteiger partial charge in [-0.2, -0.15) is 0 Å². The summed E-state index contributed by atoms with van der Waals surface area (Å²) in [5.41, 5.74) is 7.74. The van der Waals surface area contributed by atoms with Gasteiger partial charge in [0.05, 0.1) is 0 Å². The number of benzene rings is 3. The Hall–Kier alpha value is -3.17. The average Bonchev–Trinajstić information content (AvgIpc) is 2.84. The molecule has 0 saturated carbocycles. The molecule has 0 bridgehead atoms. The molecule has 3 amide bonds. The first-order chi connectivity index (χ1) is 15.1. The summed E-state index contributed by atoms with van der Waals surface area (Å²) >= 11 is -4.01. The first kappa shape index (κ1) is 22.5. The van der Waals surface area contributed by atoms with Gasteiger partial charge in [-0.05, 0) is 0 Å². The Morgan fingerprint density at radius 1 is 0.484 bits per heavy atom. The van der Waals surface area contributed by atoms with E-state index in [2.05, 4.69) is 16.4 Å². The molecule has 0 fully saturated rings. The molecule has 0 radical (unpaired) electrons. The van der Waals surface area contributed by atoms with Gasteiger partial charge in [0.2, 0.25) is 0 Å². The molecular formula is C21H18BiN3O6. The van der Waals surface area contributed by atoms with Crippen molar-refractivity contribution >= 4 is 40.8 Å². The number of hydrogen-bond donors (Lipinski definition) is 3. The summed E-state index contributed by atoms with van der Waals surface area (Å²) in [5, 5.41) is 0. The second kappa shape index (κ2) is 11.9. The number of rotatable bonds is 9. The SMILES string of the molecule is O=C(N[O][Bi]([O]NC(=O)c1ccccc1)[O]NC(=O)c1ccccc1)c1ccccc1. The van der Waals surface area contributed by atoms with Crippen LogP contribution in [0.5, 0.6) is 0 Å². The van der Waals surface area contributed by atoms with E-state index in [1.165, 1.54) is 0 Å². The van der Waals surface area contributed by atoms with Crippen LogP contribution in [0.4, 0.5) is 0 Å². The van der Waals surface area contributed by atoms with E-state index in [-0.39, 0.29) is 0 Å². The van der Waals surface area contributed by atoms with Gasteiger partial charge < -0.3 is 0 Å². The average molecular weight is 617 g/mol. The Morgan fingerprint density at radius 3 is 1.00 bits per heavy atom. The Morgan fingerprint density at radius 2 is 0.742 bits per heavy atom. The number of hydroxylamine groups is 3. The molecule has 158 valence electrons. The first-order valence-electron chi connectivity index (χ1n) is 9.00. The summed E-state index contributed by atoms with van der Waals surface area (Å²) in [5.74, 6) is -1.59.